The lowest BCUT2D eigenvalue weighted by molar-refractivity contribution is -0.387. The Morgan fingerprint density at radius 3 is 1.79 bits per heavy atom. The highest BCUT2D eigenvalue weighted by molar-refractivity contribution is 5.72. The van der Waals surface area contributed by atoms with Crippen LogP contribution in [0.5, 0.6) is 0 Å². The van der Waals surface area contributed by atoms with Crippen molar-refractivity contribution in [2.24, 2.45) is 5.92 Å². The first-order valence-electron chi connectivity index (χ1n) is 28.8. The molecule has 20 nitrogen and oxygen atoms in total. The Kier molecular flexibility index (Phi) is 27.3. The first kappa shape index (κ1) is 63.7. The van der Waals surface area contributed by atoms with E-state index in [1.807, 2.05) is 6.92 Å². The standard InChI is InChI=1S/C55H96O20/c1-9-12-14-15-17-21-25-29-37(56)70-48-43(62)53(67-34(7)46(48)73-52-42(61)41(60)45(33(6)66-52)72-51(64)31(4)11-3)74-47-35(8)68-54-44(63)49(47)71-38(57)30-26-22-19-16-18-20-24-28-36(27-23-13-10-2)69-55-50(75-54)40(59)39(58)32(5)65-55/h31-36,39-50,52-55,58-63H,9-30H2,1-8H3. The molecular formula is C55H96O20. The zero-order valence-electron chi connectivity index (χ0n) is 46.2. The molecule has 5 saturated heterocycles. The quantitative estimate of drug-likeness (QED) is 0.0485. The second-order valence-electron chi connectivity index (χ2n) is 21.8. The summed E-state index contributed by atoms with van der Waals surface area (Å²) in [6.07, 6.45) is -10.6. The second kappa shape index (κ2) is 32.2. The van der Waals surface area contributed by atoms with Crippen molar-refractivity contribution in [2.45, 2.75) is 326 Å². The summed E-state index contributed by atoms with van der Waals surface area (Å²) < 4.78 is 68.0. The molecule has 22 unspecified atom stereocenters. The maximum absolute atomic E-state index is 13.7. The summed E-state index contributed by atoms with van der Waals surface area (Å²) in [7, 11) is 0. The van der Waals surface area contributed by atoms with Gasteiger partial charge in [-0.3, -0.25) is 14.4 Å². The minimum atomic E-state index is -1.81. The minimum Gasteiger partial charge on any atom is -0.457 e. The summed E-state index contributed by atoms with van der Waals surface area (Å²) in [6.45, 7) is 14.1. The molecule has 5 aliphatic heterocycles. The number of fused-ring (bicyclic) bond motifs is 3. The van der Waals surface area contributed by atoms with E-state index in [4.69, 9.17) is 52.1 Å². The third-order valence-electron chi connectivity index (χ3n) is 15.6. The van der Waals surface area contributed by atoms with Crippen LogP contribution in [0.25, 0.3) is 0 Å². The average Bonchev–Trinajstić information content (AvgIpc) is 3.38. The summed E-state index contributed by atoms with van der Waals surface area (Å²) in [5, 5.41) is 69.5. The van der Waals surface area contributed by atoms with E-state index < -0.39 is 147 Å². The van der Waals surface area contributed by atoms with Crippen LogP contribution in [0.1, 0.15) is 197 Å². The summed E-state index contributed by atoms with van der Waals surface area (Å²) in [5.41, 5.74) is 0. The topological polar surface area (TPSA) is 274 Å². The number of carbonyl (C=O) groups excluding carboxylic acids is 3. The average molecular weight is 1080 g/mol. The van der Waals surface area contributed by atoms with Gasteiger partial charge in [-0.2, -0.15) is 0 Å². The van der Waals surface area contributed by atoms with Crippen LogP contribution in [0.2, 0.25) is 0 Å². The van der Waals surface area contributed by atoms with Crippen molar-refractivity contribution in [2.75, 3.05) is 0 Å². The van der Waals surface area contributed by atoms with Crippen LogP contribution in [0, 0.1) is 5.92 Å². The fourth-order valence-electron chi connectivity index (χ4n) is 10.5. The molecule has 75 heavy (non-hydrogen) atoms. The molecule has 2 bridgehead atoms. The van der Waals surface area contributed by atoms with Crippen LogP contribution >= 0.6 is 0 Å². The van der Waals surface area contributed by atoms with E-state index in [-0.39, 0.29) is 18.9 Å². The summed E-state index contributed by atoms with van der Waals surface area (Å²) in [5.74, 6) is -2.32. The molecule has 0 aromatic rings. The number of carbonyl (C=O) groups is 3. The second-order valence-corrected chi connectivity index (χ2v) is 21.8. The molecule has 0 aliphatic carbocycles. The number of ether oxygens (including phenoxy) is 11. The molecule has 5 aliphatic rings. The van der Waals surface area contributed by atoms with Crippen LogP contribution in [-0.4, -0.2) is 177 Å². The number of hydrogen-bond acceptors (Lipinski definition) is 20. The van der Waals surface area contributed by atoms with Gasteiger partial charge in [0.1, 0.15) is 54.9 Å². The molecule has 22 atom stereocenters. The van der Waals surface area contributed by atoms with Crippen molar-refractivity contribution in [3.8, 4) is 0 Å². The van der Waals surface area contributed by atoms with E-state index in [0.29, 0.717) is 19.3 Å². The number of unbranched alkanes of at least 4 members (excludes halogenated alkanes) is 8. The Balaban J connectivity index is 1.40. The van der Waals surface area contributed by atoms with Crippen LogP contribution in [0.4, 0.5) is 0 Å². The highest BCUT2D eigenvalue weighted by Crippen LogP contribution is 2.37. The lowest BCUT2D eigenvalue weighted by Gasteiger charge is -2.49. The van der Waals surface area contributed by atoms with Gasteiger partial charge >= 0.3 is 17.9 Å². The highest BCUT2D eigenvalue weighted by atomic mass is 16.8. The number of esters is 3. The Hall–Kier alpha value is -2.15. The Labute approximate surface area is 445 Å². The molecule has 0 radical (unpaired) electrons. The number of aliphatic hydroxyl groups excluding tert-OH is 6. The molecule has 0 amide bonds. The van der Waals surface area contributed by atoms with Gasteiger partial charge in [0, 0.05) is 12.8 Å². The summed E-state index contributed by atoms with van der Waals surface area (Å²) in [6, 6.07) is 0. The van der Waals surface area contributed by atoms with Gasteiger partial charge in [-0.1, -0.05) is 124 Å². The summed E-state index contributed by atoms with van der Waals surface area (Å²) >= 11 is 0. The van der Waals surface area contributed by atoms with Gasteiger partial charge in [-0.15, -0.1) is 0 Å². The summed E-state index contributed by atoms with van der Waals surface area (Å²) in [4.78, 5) is 40.0. The van der Waals surface area contributed by atoms with Crippen LogP contribution < -0.4 is 0 Å². The molecule has 0 aromatic heterocycles. The third-order valence-corrected chi connectivity index (χ3v) is 15.6. The fourth-order valence-corrected chi connectivity index (χ4v) is 10.5. The molecule has 5 rings (SSSR count). The van der Waals surface area contributed by atoms with Gasteiger partial charge in [-0.25, -0.2) is 0 Å². The molecule has 0 aromatic carbocycles. The predicted octanol–water partition coefficient (Wildman–Crippen LogP) is 5.70. The third kappa shape index (κ3) is 18.4. The fraction of sp³-hybridized carbons (Fsp3) is 0.945. The van der Waals surface area contributed by atoms with Crippen molar-refractivity contribution in [3.63, 3.8) is 0 Å². The SMILES string of the molecule is CCCCCCCCCC(=O)OC1C(O)C(OC2C(C)OC3OC4C(OC(CCCCC)CCCCCCCCCC(=O)OC2C3O)OC(C)C(O)C4O)OC(C)C1OC1OC(C)C(OC(=O)C(C)CC)C(O)C1O. The van der Waals surface area contributed by atoms with E-state index in [1.165, 1.54) is 0 Å². The van der Waals surface area contributed by atoms with Gasteiger partial charge in [0.25, 0.3) is 0 Å². The van der Waals surface area contributed by atoms with E-state index >= 15 is 0 Å². The maximum atomic E-state index is 13.7. The molecular weight excluding hydrogens is 981 g/mol. The molecule has 6 N–H and O–H groups in total. The van der Waals surface area contributed by atoms with E-state index in [0.717, 1.165) is 109 Å². The molecule has 20 heteroatoms. The number of rotatable bonds is 20. The van der Waals surface area contributed by atoms with Gasteiger partial charge < -0.3 is 82.7 Å². The van der Waals surface area contributed by atoms with Crippen LogP contribution in [0.3, 0.4) is 0 Å². The van der Waals surface area contributed by atoms with Crippen molar-refractivity contribution in [1.82, 2.24) is 0 Å². The number of hydrogen-bond donors (Lipinski definition) is 6. The molecule has 0 spiro atoms. The molecule has 0 saturated carbocycles. The van der Waals surface area contributed by atoms with Crippen LogP contribution in [-0.2, 0) is 66.5 Å². The zero-order valence-corrected chi connectivity index (χ0v) is 46.2. The Bertz CT molecular complexity index is 1660. The molecule has 436 valence electrons. The van der Waals surface area contributed by atoms with Gasteiger partial charge in [0.2, 0.25) is 0 Å². The van der Waals surface area contributed by atoms with E-state index in [2.05, 4.69) is 13.8 Å². The van der Waals surface area contributed by atoms with Crippen molar-refractivity contribution in [3.05, 3.63) is 0 Å². The maximum Gasteiger partial charge on any atom is 0.309 e. The van der Waals surface area contributed by atoms with Crippen LogP contribution in [0.15, 0.2) is 0 Å². The van der Waals surface area contributed by atoms with Crippen molar-refractivity contribution in [1.29, 1.82) is 0 Å². The lowest BCUT2D eigenvalue weighted by atomic mass is 9.95. The first-order valence-corrected chi connectivity index (χ1v) is 28.8. The Morgan fingerprint density at radius 1 is 0.533 bits per heavy atom. The molecule has 5 heterocycles. The van der Waals surface area contributed by atoms with E-state index in [1.54, 1.807) is 34.6 Å². The van der Waals surface area contributed by atoms with Gasteiger partial charge in [-0.05, 0) is 59.8 Å². The largest absolute Gasteiger partial charge is 0.457 e. The first-order chi connectivity index (χ1) is 35.9. The zero-order chi connectivity index (χ0) is 54.8. The predicted molar refractivity (Wildman–Crippen MR) is 270 cm³/mol. The van der Waals surface area contributed by atoms with Gasteiger partial charge in [0.15, 0.2) is 43.5 Å². The molecule has 5 fully saturated rings. The highest BCUT2D eigenvalue weighted by Gasteiger charge is 2.56. The number of aliphatic hydroxyl groups is 6. The Morgan fingerprint density at radius 2 is 1.11 bits per heavy atom. The van der Waals surface area contributed by atoms with Crippen molar-refractivity contribution < 1.29 is 97.1 Å². The van der Waals surface area contributed by atoms with E-state index in [9.17, 15) is 45.0 Å². The monoisotopic (exact) mass is 1080 g/mol. The minimum absolute atomic E-state index is 0.0210. The van der Waals surface area contributed by atoms with Crippen molar-refractivity contribution >= 4 is 17.9 Å². The smallest absolute Gasteiger partial charge is 0.309 e. The lowest BCUT2D eigenvalue weighted by Crippen LogP contribution is -2.67. The van der Waals surface area contributed by atoms with Gasteiger partial charge in [0.05, 0.1) is 36.4 Å². The normalized spacial score (nSPS) is 40.2.